The quantitative estimate of drug-likeness (QED) is 0.723. The van der Waals surface area contributed by atoms with Crippen molar-refractivity contribution in [2.24, 2.45) is 12.8 Å². The lowest BCUT2D eigenvalue weighted by Gasteiger charge is -2.21. The van der Waals surface area contributed by atoms with Crippen molar-refractivity contribution in [2.45, 2.75) is 36.0 Å². The van der Waals surface area contributed by atoms with E-state index in [1.807, 2.05) is 49.5 Å². The Morgan fingerprint density at radius 2 is 1.81 bits per heavy atom. The number of pyridine rings is 1. The van der Waals surface area contributed by atoms with Gasteiger partial charge in [-0.2, -0.15) is 5.10 Å². The molecule has 0 aliphatic heterocycles. The van der Waals surface area contributed by atoms with Crippen molar-refractivity contribution < 1.29 is 4.79 Å². The second kappa shape index (κ2) is 7.44. The number of anilines is 2. The van der Waals surface area contributed by atoms with Gasteiger partial charge in [0.2, 0.25) is 0 Å². The van der Waals surface area contributed by atoms with E-state index >= 15 is 0 Å². The number of hydrogen-bond donors (Lipinski definition) is 1. The SMILES string of the molecule is Cn1nc(C(C)(C)C)cc1N(C(N)=O)c1cccc(Sc2ccncc2)c1. The van der Waals surface area contributed by atoms with E-state index < -0.39 is 6.03 Å². The molecule has 0 unspecified atom stereocenters. The van der Waals surface area contributed by atoms with E-state index in [4.69, 9.17) is 5.73 Å². The number of carbonyl (C=O) groups is 1. The Kier molecular flexibility index (Phi) is 5.23. The van der Waals surface area contributed by atoms with Crippen LogP contribution in [-0.2, 0) is 12.5 Å². The van der Waals surface area contributed by atoms with E-state index in [0.717, 1.165) is 15.5 Å². The molecule has 2 amide bonds. The van der Waals surface area contributed by atoms with Crippen LogP contribution in [0.5, 0.6) is 0 Å². The van der Waals surface area contributed by atoms with Gasteiger partial charge in [-0.1, -0.05) is 38.6 Å². The molecule has 2 heterocycles. The molecule has 27 heavy (non-hydrogen) atoms. The Bertz CT molecular complexity index is 947. The van der Waals surface area contributed by atoms with Gasteiger partial charge in [0.15, 0.2) is 0 Å². The van der Waals surface area contributed by atoms with Crippen LogP contribution >= 0.6 is 11.8 Å². The van der Waals surface area contributed by atoms with Crippen molar-refractivity contribution in [2.75, 3.05) is 4.90 Å². The van der Waals surface area contributed by atoms with Crippen LogP contribution in [0.1, 0.15) is 26.5 Å². The summed E-state index contributed by atoms with van der Waals surface area (Å²) in [5.74, 6) is 0.637. The second-order valence-electron chi connectivity index (χ2n) is 7.22. The molecular formula is C20H23N5OS. The molecule has 0 atom stereocenters. The number of benzene rings is 1. The Hall–Kier alpha value is -2.80. The molecule has 0 spiro atoms. The van der Waals surface area contributed by atoms with E-state index in [-0.39, 0.29) is 5.41 Å². The number of hydrogen-bond acceptors (Lipinski definition) is 4. The zero-order chi connectivity index (χ0) is 19.6. The minimum absolute atomic E-state index is 0.127. The summed E-state index contributed by atoms with van der Waals surface area (Å²) in [6, 6.07) is 13.0. The van der Waals surface area contributed by atoms with Crippen molar-refractivity contribution in [1.82, 2.24) is 14.8 Å². The number of carbonyl (C=O) groups excluding carboxylic acids is 1. The fourth-order valence-corrected chi connectivity index (χ4v) is 3.49. The molecule has 0 fully saturated rings. The van der Waals surface area contributed by atoms with Crippen molar-refractivity contribution in [3.63, 3.8) is 0 Å². The van der Waals surface area contributed by atoms with E-state index in [1.165, 1.54) is 4.90 Å². The third-order valence-corrected chi connectivity index (χ3v) is 5.03. The zero-order valence-electron chi connectivity index (χ0n) is 15.9. The molecular weight excluding hydrogens is 358 g/mol. The summed E-state index contributed by atoms with van der Waals surface area (Å²) in [5, 5.41) is 4.56. The van der Waals surface area contributed by atoms with Gasteiger partial charge >= 0.3 is 6.03 Å². The van der Waals surface area contributed by atoms with Gasteiger partial charge < -0.3 is 5.73 Å². The molecule has 0 saturated carbocycles. The number of nitrogens with two attached hydrogens (primary N) is 1. The Morgan fingerprint density at radius 1 is 1.11 bits per heavy atom. The smallest absolute Gasteiger partial charge is 0.325 e. The lowest BCUT2D eigenvalue weighted by molar-refractivity contribution is 0.255. The first-order valence-corrected chi connectivity index (χ1v) is 9.39. The fourth-order valence-electron chi connectivity index (χ4n) is 2.63. The lowest BCUT2D eigenvalue weighted by Crippen LogP contribution is -2.32. The number of rotatable bonds is 4. The van der Waals surface area contributed by atoms with Gasteiger partial charge in [0.1, 0.15) is 5.82 Å². The maximum absolute atomic E-state index is 12.3. The van der Waals surface area contributed by atoms with E-state index in [9.17, 15) is 4.79 Å². The Labute approximate surface area is 163 Å². The predicted octanol–water partition coefficient (Wildman–Crippen LogP) is 4.48. The monoisotopic (exact) mass is 381 g/mol. The second-order valence-corrected chi connectivity index (χ2v) is 8.36. The average molecular weight is 382 g/mol. The highest BCUT2D eigenvalue weighted by molar-refractivity contribution is 7.99. The molecule has 3 aromatic rings. The highest BCUT2D eigenvalue weighted by atomic mass is 32.2. The first-order valence-electron chi connectivity index (χ1n) is 8.58. The molecule has 6 nitrogen and oxygen atoms in total. The van der Waals surface area contributed by atoms with Crippen LogP contribution in [-0.4, -0.2) is 20.8 Å². The number of nitrogens with zero attached hydrogens (tertiary/aromatic N) is 4. The Morgan fingerprint density at radius 3 is 2.41 bits per heavy atom. The highest BCUT2D eigenvalue weighted by Gasteiger charge is 2.24. The standard InChI is InChI=1S/C20H23N5OS/c1-20(2,3)17-13-18(24(4)23-17)25(19(21)26)14-6-5-7-16(12-14)27-15-8-10-22-11-9-15/h5-13H,1-4H3,(H2,21,26). The molecule has 3 rings (SSSR count). The summed E-state index contributed by atoms with van der Waals surface area (Å²) in [4.78, 5) is 19.9. The third kappa shape index (κ3) is 4.31. The zero-order valence-corrected chi connectivity index (χ0v) is 16.7. The molecule has 2 aromatic heterocycles. The number of amides is 2. The predicted molar refractivity (Wildman–Crippen MR) is 108 cm³/mol. The van der Waals surface area contributed by atoms with Gasteiger partial charge in [0.25, 0.3) is 0 Å². The van der Waals surface area contributed by atoms with Crippen LogP contribution in [0.15, 0.2) is 64.6 Å². The van der Waals surface area contributed by atoms with Gasteiger partial charge in [-0.15, -0.1) is 0 Å². The summed E-state index contributed by atoms with van der Waals surface area (Å²) < 4.78 is 1.69. The van der Waals surface area contributed by atoms with Crippen molar-refractivity contribution in [1.29, 1.82) is 0 Å². The van der Waals surface area contributed by atoms with E-state index in [2.05, 4.69) is 30.9 Å². The molecule has 7 heteroatoms. The van der Waals surface area contributed by atoms with Gasteiger partial charge in [0, 0.05) is 40.7 Å². The molecule has 0 bridgehead atoms. The van der Waals surface area contributed by atoms with Crippen molar-refractivity contribution >= 4 is 29.3 Å². The number of primary amides is 1. The molecule has 0 aliphatic rings. The molecule has 140 valence electrons. The molecule has 0 saturated heterocycles. The topological polar surface area (TPSA) is 77.0 Å². The van der Waals surface area contributed by atoms with Gasteiger partial charge in [-0.05, 0) is 30.3 Å². The summed E-state index contributed by atoms with van der Waals surface area (Å²) in [5.41, 5.74) is 7.19. The number of urea groups is 1. The molecule has 2 N–H and O–H groups in total. The van der Waals surface area contributed by atoms with Crippen LogP contribution in [0.25, 0.3) is 0 Å². The maximum atomic E-state index is 12.3. The van der Waals surface area contributed by atoms with Crippen LogP contribution in [0.2, 0.25) is 0 Å². The van der Waals surface area contributed by atoms with Crippen LogP contribution in [0, 0.1) is 0 Å². The number of aromatic nitrogens is 3. The first-order chi connectivity index (χ1) is 12.8. The van der Waals surface area contributed by atoms with Crippen molar-refractivity contribution in [3.05, 3.63) is 60.6 Å². The fraction of sp³-hybridized carbons (Fsp3) is 0.250. The third-order valence-electron chi connectivity index (χ3n) is 4.03. The van der Waals surface area contributed by atoms with Gasteiger partial charge in [0.05, 0.1) is 11.4 Å². The van der Waals surface area contributed by atoms with Crippen LogP contribution in [0.4, 0.5) is 16.3 Å². The highest BCUT2D eigenvalue weighted by Crippen LogP contribution is 2.34. The largest absolute Gasteiger partial charge is 0.351 e. The first kappa shape index (κ1) is 19.0. The van der Waals surface area contributed by atoms with E-state index in [0.29, 0.717) is 11.5 Å². The molecule has 0 radical (unpaired) electrons. The van der Waals surface area contributed by atoms with Gasteiger partial charge in [-0.3, -0.25) is 9.67 Å². The summed E-state index contributed by atoms with van der Waals surface area (Å²) >= 11 is 1.60. The molecule has 1 aromatic carbocycles. The number of aryl methyl sites for hydroxylation is 1. The minimum atomic E-state index is -0.551. The summed E-state index contributed by atoms with van der Waals surface area (Å²) in [7, 11) is 1.82. The minimum Gasteiger partial charge on any atom is -0.351 e. The summed E-state index contributed by atoms with van der Waals surface area (Å²) in [6.45, 7) is 6.25. The maximum Gasteiger partial charge on any atom is 0.325 e. The molecule has 0 aliphatic carbocycles. The van der Waals surface area contributed by atoms with Gasteiger partial charge in [-0.25, -0.2) is 9.69 Å². The summed E-state index contributed by atoms with van der Waals surface area (Å²) in [6.07, 6.45) is 3.51. The van der Waals surface area contributed by atoms with Crippen LogP contribution in [0.3, 0.4) is 0 Å². The normalized spacial score (nSPS) is 11.4. The Balaban J connectivity index is 1.98. The lowest BCUT2D eigenvalue weighted by atomic mass is 9.92. The average Bonchev–Trinajstić information content (AvgIpc) is 2.98. The van der Waals surface area contributed by atoms with Crippen molar-refractivity contribution in [3.8, 4) is 0 Å². The van der Waals surface area contributed by atoms with E-state index in [1.54, 1.807) is 28.8 Å². The van der Waals surface area contributed by atoms with Crippen LogP contribution < -0.4 is 10.6 Å².